The number of aromatic nitrogens is 1. The summed E-state index contributed by atoms with van der Waals surface area (Å²) >= 11 is 0. The molecule has 0 spiro atoms. The van der Waals surface area contributed by atoms with Crippen LogP contribution in [0, 0.1) is 0 Å². The number of guanidine groups is 1. The molecule has 0 amide bonds. The van der Waals surface area contributed by atoms with Crippen molar-refractivity contribution in [2.24, 2.45) is 4.99 Å². The molecule has 1 N–H and O–H groups in total. The maximum absolute atomic E-state index is 5.26. The predicted molar refractivity (Wildman–Crippen MR) is 126 cm³/mol. The number of nitrogens with zero attached hydrogens (tertiary/aromatic N) is 4. The lowest BCUT2D eigenvalue weighted by atomic mass is 9.98. The van der Waals surface area contributed by atoms with Crippen LogP contribution in [0.4, 0.5) is 5.82 Å². The van der Waals surface area contributed by atoms with Crippen LogP contribution in [0.25, 0.3) is 0 Å². The fourth-order valence-corrected chi connectivity index (χ4v) is 3.42. The molecule has 1 aliphatic heterocycles. The van der Waals surface area contributed by atoms with E-state index in [-0.39, 0.29) is 24.0 Å². The molecule has 152 valence electrons. The van der Waals surface area contributed by atoms with Crippen LogP contribution < -0.4 is 15.0 Å². The van der Waals surface area contributed by atoms with Crippen LogP contribution >= 0.6 is 24.0 Å². The number of rotatable bonds is 5. The van der Waals surface area contributed by atoms with Crippen molar-refractivity contribution in [1.82, 2.24) is 15.2 Å². The highest BCUT2D eigenvalue weighted by atomic mass is 127. The fourth-order valence-electron chi connectivity index (χ4n) is 3.42. The molecule has 2 heterocycles. The Kier molecular flexibility index (Phi) is 8.35. The molecule has 1 aliphatic rings. The third-order valence-electron chi connectivity index (χ3n) is 4.96. The van der Waals surface area contributed by atoms with E-state index >= 15 is 0 Å². The number of methoxy groups -OCH3 is 1. The molecule has 1 atom stereocenters. The van der Waals surface area contributed by atoms with Crippen molar-refractivity contribution in [3.05, 3.63) is 53.7 Å². The summed E-state index contributed by atoms with van der Waals surface area (Å²) in [7, 11) is 7.54. The van der Waals surface area contributed by atoms with Gasteiger partial charge in [0.15, 0.2) is 5.96 Å². The molecule has 28 heavy (non-hydrogen) atoms. The van der Waals surface area contributed by atoms with Crippen LogP contribution in [-0.2, 0) is 6.54 Å². The third-order valence-corrected chi connectivity index (χ3v) is 4.96. The Balaban J connectivity index is 0.00000280. The molecular formula is C21H30IN5O. The average Bonchev–Trinajstić information content (AvgIpc) is 3.19. The monoisotopic (exact) mass is 495 g/mol. The SMILES string of the molecule is CN=C(NCc1cccc(N(C)C)n1)N1CCC(c2ccc(OC)cc2)C1.I. The predicted octanol–water partition coefficient (Wildman–Crippen LogP) is 3.34. The molecular weight excluding hydrogens is 465 g/mol. The largest absolute Gasteiger partial charge is 0.497 e. The van der Waals surface area contributed by atoms with Gasteiger partial charge >= 0.3 is 0 Å². The Labute approximate surface area is 185 Å². The van der Waals surface area contributed by atoms with Crippen molar-refractivity contribution < 1.29 is 4.74 Å². The molecule has 1 aromatic carbocycles. The Morgan fingerprint density at radius 1 is 1.25 bits per heavy atom. The average molecular weight is 495 g/mol. The lowest BCUT2D eigenvalue weighted by Crippen LogP contribution is -2.39. The zero-order valence-corrected chi connectivity index (χ0v) is 19.4. The van der Waals surface area contributed by atoms with Gasteiger partial charge in [-0.05, 0) is 36.2 Å². The van der Waals surface area contributed by atoms with E-state index < -0.39 is 0 Å². The Morgan fingerprint density at radius 3 is 2.64 bits per heavy atom. The van der Waals surface area contributed by atoms with Gasteiger partial charge in [0.05, 0.1) is 19.3 Å². The number of nitrogens with one attached hydrogen (secondary N) is 1. The summed E-state index contributed by atoms with van der Waals surface area (Å²) in [4.78, 5) is 13.5. The van der Waals surface area contributed by atoms with Crippen LogP contribution in [0.1, 0.15) is 23.6 Å². The number of benzene rings is 1. The highest BCUT2D eigenvalue weighted by Crippen LogP contribution is 2.28. The molecule has 1 fully saturated rings. The van der Waals surface area contributed by atoms with Gasteiger partial charge in [-0.25, -0.2) is 4.98 Å². The maximum Gasteiger partial charge on any atom is 0.193 e. The van der Waals surface area contributed by atoms with Gasteiger partial charge in [-0.15, -0.1) is 24.0 Å². The Morgan fingerprint density at radius 2 is 2.00 bits per heavy atom. The minimum absolute atomic E-state index is 0. The summed E-state index contributed by atoms with van der Waals surface area (Å²) in [6.45, 7) is 2.64. The second-order valence-corrected chi connectivity index (χ2v) is 6.99. The van der Waals surface area contributed by atoms with Crippen molar-refractivity contribution in [3.8, 4) is 5.75 Å². The topological polar surface area (TPSA) is 53.0 Å². The van der Waals surface area contributed by atoms with Gasteiger partial charge in [-0.1, -0.05) is 18.2 Å². The van der Waals surface area contributed by atoms with E-state index in [1.165, 1.54) is 5.56 Å². The number of anilines is 1. The molecule has 1 aromatic heterocycles. The smallest absolute Gasteiger partial charge is 0.193 e. The van der Waals surface area contributed by atoms with Crippen molar-refractivity contribution in [2.45, 2.75) is 18.9 Å². The molecule has 1 unspecified atom stereocenters. The molecule has 0 aliphatic carbocycles. The van der Waals surface area contributed by atoms with Gasteiger partial charge in [0.2, 0.25) is 0 Å². The summed E-state index contributed by atoms with van der Waals surface area (Å²) in [5.41, 5.74) is 2.36. The summed E-state index contributed by atoms with van der Waals surface area (Å²) in [6.07, 6.45) is 1.13. The van der Waals surface area contributed by atoms with Crippen LogP contribution in [-0.4, -0.2) is 57.2 Å². The van der Waals surface area contributed by atoms with Crippen molar-refractivity contribution in [1.29, 1.82) is 0 Å². The van der Waals surface area contributed by atoms with Gasteiger partial charge in [-0.2, -0.15) is 0 Å². The Bertz CT molecular complexity index is 779. The van der Waals surface area contributed by atoms with E-state index in [2.05, 4.69) is 32.3 Å². The number of pyridine rings is 1. The van der Waals surface area contributed by atoms with E-state index in [4.69, 9.17) is 4.74 Å². The van der Waals surface area contributed by atoms with E-state index in [0.29, 0.717) is 12.5 Å². The molecule has 3 rings (SSSR count). The second kappa shape index (κ2) is 10.5. The molecule has 2 aromatic rings. The van der Waals surface area contributed by atoms with Crippen LogP contribution in [0.2, 0.25) is 0 Å². The van der Waals surface area contributed by atoms with Crippen LogP contribution in [0.3, 0.4) is 0 Å². The van der Waals surface area contributed by atoms with Crippen molar-refractivity contribution in [2.75, 3.05) is 46.2 Å². The highest BCUT2D eigenvalue weighted by molar-refractivity contribution is 14.0. The second-order valence-electron chi connectivity index (χ2n) is 6.99. The normalized spacial score (nSPS) is 16.5. The number of halogens is 1. The number of aliphatic imine (C=N–C) groups is 1. The minimum atomic E-state index is 0. The standard InChI is InChI=1S/C21H29N5O.HI/c1-22-21(23-14-18-6-5-7-20(24-18)25(2)3)26-13-12-17(15-26)16-8-10-19(27-4)11-9-16;/h5-11,17H,12-15H2,1-4H3,(H,22,23);1H. The molecule has 6 nitrogen and oxygen atoms in total. The summed E-state index contributed by atoms with van der Waals surface area (Å²) < 4.78 is 5.26. The molecule has 0 saturated carbocycles. The van der Waals surface area contributed by atoms with Crippen molar-refractivity contribution >= 4 is 35.8 Å². The lowest BCUT2D eigenvalue weighted by Gasteiger charge is -2.22. The molecule has 0 bridgehead atoms. The molecule has 1 saturated heterocycles. The van der Waals surface area contributed by atoms with E-state index in [9.17, 15) is 0 Å². The zero-order valence-electron chi connectivity index (χ0n) is 17.1. The first-order valence-corrected chi connectivity index (χ1v) is 9.33. The van der Waals surface area contributed by atoms with Gasteiger partial charge in [0, 0.05) is 40.2 Å². The summed E-state index contributed by atoms with van der Waals surface area (Å²) in [6, 6.07) is 14.5. The summed E-state index contributed by atoms with van der Waals surface area (Å²) in [5.74, 6) is 3.32. The lowest BCUT2D eigenvalue weighted by molar-refractivity contribution is 0.414. The number of ether oxygens (including phenoxy) is 1. The maximum atomic E-state index is 5.26. The van der Waals surface area contributed by atoms with E-state index in [1.807, 2.05) is 56.4 Å². The minimum Gasteiger partial charge on any atom is -0.497 e. The third kappa shape index (κ3) is 5.50. The quantitative estimate of drug-likeness (QED) is 0.392. The first kappa shape index (κ1) is 22.3. The zero-order chi connectivity index (χ0) is 19.2. The van der Waals surface area contributed by atoms with Gasteiger partial charge in [0.1, 0.15) is 11.6 Å². The first-order valence-electron chi connectivity index (χ1n) is 9.33. The molecule has 7 heteroatoms. The van der Waals surface area contributed by atoms with Crippen LogP contribution in [0.5, 0.6) is 5.75 Å². The molecule has 0 radical (unpaired) electrons. The van der Waals surface area contributed by atoms with Gasteiger partial charge < -0.3 is 19.9 Å². The van der Waals surface area contributed by atoms with Crippen LogP contribution in [0.15, 0.2) is 47.5 Å². The summed E-state index contributed by atoms with van der Waals surface area (Å²) in [5, 5.41) is 3.46. The fraction of sp³-hybridized carbons (Fsp3) is 0.429. The first-order chi connectivity index (χ1) is 13.1. The Hall–Kier alpha value is -2.03. The number of hydrogen-bond donors (Lipinski definition) is 1. The van der Waals surface area contributed by atoms with E-state index in [0.717, 1.165) is 42.7 Å². The highest BCUT2D eigenvalue weighted by Gasteiger charge is 2.26. The number of hydrogen-bond acceptors (Lipinski definition) is 4. The van der Waals surface area contributed by atoms with Gasteiger partial charge in [0.25, 0.3) is 0 Å². The van der Waals surface area contributed by atoms with Crippen molar-refractivity contribution in [3.63, 3.8) is 0 Å². The van der Waals surface area contributed by atoms with E-state index in [1.54, 1.807) is 7.11 Å². The number of likely N-dealkylation sites (tertiary alicyclic amines) is 1. The van der Waals surface area contributed by atoms with Gasteiger partial charge in [-0.3, -0.25) is 4.99 Å².